The molecular formula is C20H23F3N2O3S. The molecule has 0 fully saturated rings. The number of hydrogen-bond donors (Lipinski definition) is 2. The topological polar surface area (TPSA) is 75.3 Å². The van der Waals surface area contributed by atoms with E-state index in [0.717, 1.165) is 24.1 Å². The standard InChI is InChI=1S/C20H23F3N2O3S/c1-15(11-12-16-7-3-2-4-8-16)25-19(26)13-14-24-29(27,28)18-10-6-5-9-17(18)20(21,22)23/h2-10,15,24H,11-14H2,1H3,(H,25,26)/t15-/m0/s1. The minimum atomic E-state index is -4.79. The third kappa shape index (κ3) is 7.17. The molecule has 5 nitrogen and oxygen atoms in total. The monoisotopic (exact) mass is 428 g/mol. The molecule has 29 heavy (non-hydrogen) atoms. The molecule has 2 aromatic carbocycles. The van der Waals surface area contributed by atoms with E-state index in [1.54, 1.807) is 0 Å². The molecule has 0 saturated carbocycles. The Hall–Kier alpha value is -2.39. The van der Waals surface area contributed by atoms with Crippen LogP contribution in [0.3, 0.4) is 0 Å². The molecule has 0 aliphatic heterocycles. The number of amides is 1. The summed E-state index contributed by atoms with van der Waals surface area (Å²) in [6.07, 6.45) is -3.48. The van der Waals surface area contributed by atoms with E-state index >= 15 is 0 Å². The van der Waals surface area contributed by atoms with Gasteiger partial charge in [-0.25, -0.2) is 13.1 Å². The predicted molar refractivity (Wildman–Crippen MR) is 104 cm³/mol. The highest BCUT2D eigenvalue weighted by molar-refractivity contribution is 7.89. The SMILES string of the molecule is C[C@@H](CCc1ccccc1)NC(=O)CCNS(=O)(=O)c1ccccc1C(F)(F)F. The van der Waals surface area contributed by atoms with Gasteiger partial charge in [0.1, 0.15) is 0 Å². The predicted octanol–water partition coefficient (Wildman–Crippen LogP) is 3.51. The number of carbonyl (C=O) groups is 1. The first kappa shape index (κ1) is 22.9. The second kappa shape index (κ2) is 9.89. The van der Waals surface area contributed by atoms with Gasteiger partial charge in [-0.3, -0.25) is 4.79 Å². The van der Waals surface area contributed by atoms with Gasteiger partial charge in [0, 0.05) is 19.0 Å². The third-order valence-electron chi connectivity index (χ3n) is 4.24. The first-order chi connectivity index (χ1) is 13.6. The molecule has 0 heterocycles. The van der Waals surface area contributed by atoms with Crippen LogP contribution in [0.1, 0.15) is 30.9 Å². The molecule has 158 valence electrons. The van der Waals surface area contributed by atoms with Gasteiger partial charge in [-0.15, -0.1) is 0 Å². The van der Waals surface area contributed by atoms with Gasteiger partial charge < -0.3 is 5.32 Å². The Morgan fingerprint density at radius 1 is 1.03 bits per heavy atom. The van der Waals surface area contributed by atoms with Crippen LogP contribution in [0.15, 0.2) is 59.5 Å². The summed E-state index contributed by atoms with van der Waals surface area (Å²) >= 11 is 0. The number of sulfonamides is 1. The summed E-state index contributed by atoms with van der Waals surface area (Å²) in [5, 5.41) is 2.76. The van der Waals surface area contributed by atoms with Crippen molar-refractivity contribution in [3.8, 4) is 0 Å². The summed E-state index contributed by atoms with van der Waals surface area (Å²) in [6, 6.07) is 13.6. The maximum absolute atomic E-state index is 13.0. The average molecular weight is 428 g/mol. The molecule has 1 amide bonds. The van der Waals surface area contributed by atoms with Crippen molar-refractivity contribution >= 4 is 15.9 Å². The number of halogens is 3. The lowest BCUT2D eigenvalue weighted by atomic mass is 10.1. The number of aryl methyl sites for hydroxylation is 1. The van der Waals surface area contributed by atoms with Crippen LogP contribution >= 0.6 is 0 Å². The summed E-state index contributed by atoms with van der Waals surface area (Å²) in [4.78, 5) is 11.1. The van der Waals surface area contributed by atoms with E-state index in [1.165, 1.54) is 6.07 Å². The number of rotatable bonds is 9. The van der Waals surface area contributed by atoms with E-state index in [0.29, 0.717) is 12.5 Å². The van der Waals surface area contributed by atoms with Crippen molar-refractivity contribution in [1.82, 2.24) is 10.0 Å². The molecule has 2 rings (SSSR count). The Labute approximate surface area is 168 Å². The van der Waals surface area contributed by atoms with E-state index in [9.17, 15) is 26.4 Å². The fraction of sp³-hybridized carbons (Fsp3) is 0.350. The van der Waals surface area contributed by atoms with Gasteiger partial charge in [-0.05, 0) is 37.5 Å². The van der Waals surface area contributed by atoms with Crippen molar-refractivity contribution in [2.24, 2.45) is 0 Å². The van der Waals surface area contributed by atoms with E-state index in [4.69, 9.17) is 0 Å². The van der Waals surface area contributed by atoms with Gasteiger partial charge >= 0.3 is 6.18 Å². The third-order valence-corrected chi connectivity index (χ3v) is 5.76. The highest BCUT2D eigenvalue weighted by atomic mass is 32.2. The second-order valence-corrected chi connectivity index (χ2v) is 8.37. The highest BCUT2D eigenvalue weighted by Gasteiger charge is 2.36. The van der Waals surface area contributed by atoms with Crippen molar-refractivity contribution in [3.05, 3.63) is 65.7 Å². The summed E-state index contributed by atoms with van der Waals surface area (Å²) in [5.41, 5.74) is -0.101. The normalized spacial score (nSPS) is 13.1. The second-order valence-electron chi connectivity index (χ2n) is 6.63. The Morgan fingerprint density at radius 3 is 2.31 bits per heavy atom. The van der Waals surface area contributed by atoms with Crippen LogP contribution in [0.25, 0.3) is 0 Å². The number of benzene rings is 2. The van der Waals surface area contributed by atoms with Crippen LogP contribution in [0.5, 0.6) is 0 Å². The smallest absolute Gasteiger partial charge is 0.354 e. The lowest BCUT2D eigenvalue weighted by Crippen LogP contribution is -2.36. The fourth-order valence-electron chi connectivity index (χ4n) is 2.76. The Bertz CT molecular complexity index is 916. The molecule has 0 saturated heterocycles. The van der Waals surface area contributed by atoms with Gasteiger partial charge in [-0.1, -0.05) is 42.5 Å². The number of nitrogens with one attached hydrogen (secondary N) is 2. The Balaban J connectivity index is 1.83. The minimum absolute atomic E-state index is 0.120. The molecule has 0 spiro atoms. The first-order valence-corrected chi connectivity index (χ1v) is 10.6. The van der Waals surface area contributed by atoms with Crippen LogP contribution < -0.4 is 10.0 Å². The van der Waals surface area contributed by atoms with Crippen molar-refractivity contribution in [2.75, 3.05) is 6.54 Å². The van der Waals surface area contributed by atoms with Gasteiger partial charge in [0.15, 0.2) is 0 Å². The Kier molecular flexibility index (Phi) is 7.80. The average Bonchev–Trinajstić information content (AvgIpc) is 2.66. The zero-order chi connectivity index (χ0) is 21.5. The lowest BCUT2D eigenvalue weighted by Gasteiger charge is -2.15. The molecule has 9 heteroatoms. The largest absolute Gasteiger partial charge is 0.417 e. The van der Waals surface area contributed by atoms with Crippen molar-refractivity contribution in [3.63, 3.8) is 0 Å². The van der Waals surface area contributed by atoms with E-state index in [1.807, 2.05) is 37.3 Å². The first-order valence-electron chi connectivity index (χ1n) is 9.09. The molecule has 1 atom stereocenters. The van der Waals surface area contributed by atoms with E-state index in [2.05, 4.69) is 10.0 Å². The van der Waals surface area contributed by atoms with Crippen LogP contribution in [0.4, 0.5) is 13.2 Å². The van der Waals surface area contributed by atoms with Gasteiger partial charge in [-0.2, -0.15) is 13.2 Å². The number of hydrogen-bond acceptors (Lipinski definition) is 3. The molecule has 0 aromatic heterocycles. The number of carbonyl (C=O) groups excluding carboxylic acids is 1. The molecule has 0 aliphatic carbocycles. The lowest BCUT2D eigenvalue weighted by molar-refractivity contribution is -0.139. The maximum Gasteiger partial charge on any atom is 0.417 e. The van der Waals surface area contributed by atoms with Gasteiger partial charge in [0.2, 0.25) is 15.9 Å². The summed E-state index contributed by atoms with van der Waals surface area (Å²) in [5.74, 6) is -0.377. The Morgan fingerprint density at radius 2 is 1.66 bits per heavy atom. The zero-order valence-electron chi connectivity index (χ0n) is 15.9. The molecule has 2 N–H and O–H groups in total. The van der Waals surface area contributed by atoms with Crippen molar-refractivity contribution < 1.29 is 26.4 Å². The molecule has 0 bridgehead atoms. The minimum Gasteiger partial charge on any atom is -0.354 e. The van der Waals surface area contributed by atoms with Gasteiger partial charge in [0.05, 0.1) is 10.5 Å². The molecule has 0 aliphatic rings. The zero-order valence-corrected chi connectivity index (χ0v) is 16.7. The molecule has 0 radical (unpaired) electrons. The summed E-state index contributed by atoms with van der Waals surface area (Å²) in [6.45, 7) is 1.54. The highest BCUT2D eigenvalue weighted by Crippen LogP contribution is 2.33. The summed E-state index contributed by atoms with van der Waals surface area (Å²) in [7, 11) is -4.39. The maximum atomic E-state index is 13.0. The van der Waals surface area contributed by atoms with Crippen LogP contribution in [0, 0.1) is 0 Å². The van der Waals surface area contributed by atoms with E-state index in [-0.39, 0.29) is 24.9 Å². The van der Waals surface area contributed by atoms with Crippen molar-refractivity contribution in [2.45, 2.75) is 43.3 Å². The van der Waals surface area contributed by atoms with E-state index < -0.39 is 26.7 Å². The molecule has 0 unspecified atom stereocenters. The quantitative estimate of drug-likeness (QED) is 0.642. The van der Waals surface area contributed by atoms with Gasteiger partial charge in [0.25, 0.3) is 0 Å². The molecular weight excluding hydrogens is 405 g/mol. The number of alkyl halides is 3. The summed E-state index contributed by atoms with van der Waals surface area (Å²) < 4.78 is 65.5. The van der Waals surface area contributed by atoms with Crippen molar-refractivity contribution in [1.29, 1.82) is 0 Å². The molecule has 2 aromatic rings. The van der Waals surface area contributed by atoms with Crippen LogP contribution in [0.2, 0.25) is 0 Å². The van der Waals surface area contributed by atoms with Crippen LogP contribution in [-0.4, -0.2) is 26.9 Å². The van der Waals surface area contributed by atoms with Crippen LogP contribution in [-0.2, 0) is 27.4 Å². The fourth-order valence-corrected chi connectivity index (χ4v) is 4.02.